The van der Waals surface area contributed by atoms with Gasteiger partial charge in [0.05, 0.1) is 0 Å². The number of benzene rings is 2. The molecule has 7 nitrogen and oxygen atoms in total. The summed E-state index contributed by atoms with van der Waals surface area (Å²) in [6.07, 6.45) is 1.40. The zero-order chi connectivity index (χ0) is 21.3. The van der Waals surface area contributed by atoms with E-state index < -0.39 is 35.1 Å². The van der Waals surface area contributed by atoms with Crippen LogP contribution in [-0.4, -0.2) is 33.4 Å². The van der Waals surface area contributed by atoms with Crippen molar-refractivity contribution in [1.82, 2.24) is 10.0 Å². The van der Waals surface area contributed by atoms with E-state index in [1.54, 1.807) is 12.1 Å². The molecule has 0 saturated carbocycles. The molecule has 0 saturated heterocycles. The van der Waals surface area contributed by atoms with Crippen molar-refractivity contribution in [2.75, 3.05) is 13.2 Å². The molecule has 0 bridgehead atoms. The first-order valence-corrected chi connectivity index (χ1v) is 10.2. The summed E-state index contributed by atoms with van der Waals surface area (Å²) in [6, 6.07) is 12.8. The summed E-state index contributed by atoms with van der Waals surface area (Å²) < 4.78 is 43.4. The predicted molar refractivity (Wildman–Crippen MR) is 106 cm³/mol. The van der Waals surface area contributed by atoms with Gasteiger partial charge in [0, 0.05) is 12.0 Å². The summed E-state index contributed by atoms with van der Waals surface area (Å²) in [6.45, 7) is 0.903. The molecule has 0 aliphatic carbocycles. The lowest BCUT2D eigenvalue weighted by atomic mass is 10.2. The van der Waals surface area contributed by atoms with Crippen molar-refractivity contribution in [2.24, 2.45) is 0 Å². The number of hydrogen-bond donors (Lipinski definition) is 2. The Balaban J connectivity index is 1.70. The Kier molecular flexibility index (Phi) is 8.05. The van der Waals surface area contributed by atoms with Crippen LogP contribution in [0.1, 0.15) is 16.7 Å². The molecule has 154 valence electrons. The lowest BCUT2D eigenvalue weighted by molar-refractivity contribution is -0.147. The summed E-state index contributed by atoms with van der Waals surface area (Å²) in [5.74, 6) is -1.84. The van der Waals surface area contributed by atoms with Crippen LogP contribution >= 0.6 is 0 Å². The molecule has 0 aliphatic heterocycles. The van der Waals surface area contributed by atoms with Crippen molar-refractivity contribution < 1.29 is 27.1 Å². The highest BCUT2D eigenvalue weighted by atomic mass is 32.2. The SMILES string of the molecule is Cc1ccc(/C=C/S(=O)(=O)NCC(=O)OCC(=O)NCc2ccc(F)cc2)cc1. The Morgan fingerprint density at radius 3 is 2.38 bits per heavy atom. The van der Waals surface area contributed by atoms with Gasteiger partial charge >= 0.3 is 5.97 Å². The Labute approximate surface area is 168 Å². The number of sulfonamides is 1. The smallest absolute Gasteiger partial charge is 0.321 e. The molecule has 0 fully saturated rings. The molecule has 0 aliphatic rings. The Hall–Kier alpha value is -3.04. The first-order valence-electron chi connectivity index (χ1n) is 8.65. The van der Waals surface area contributed by atoms with E-state index in [2.05, 4.69) is 10.0 Å². The van der Waals surface area contributed by atoms with E-state index in [-0.39, 0.29) is 12.4 Å². The number of nitrogens with one attached hydrogen (secondary N) is 2. The average Bonchev–Trinajstić information content (AvgIpc) is 2.70. The van der Waals surface area contributed by atoms with Gasteiger partial charge < -0.3 is 10.1 Å². The Morgan fingerprint density at radius 1 is 1.07 bits per heavy atom. The lowest BCUT2D eigenvalue weighted by Gasteiger charge is -2.07. The van der Waals surface area contributed by atoms with Crippen LogP contribution in [0.4, 0.5) is 4.39 Å². The monoisotopic (exact) mass is 420 g/mol. The molecule has 29 heavy (non-hydrogen) atoms. The van der Waals surface area contributed by atoms with E-state index in [1.807, 2.05) is 19.1 Å². The van der Waals surface area contributed by atoms with Crippen LogP contribution in [0.25, 0.3) is 6.08 Å². The maximum Gasteiger partial charge on any atom is 0.321 e. The van der Waals surface area contributed by atoms with Crippen LogP contribution in [0.15, 0.2) is 53.9 Å². The van der Waals surface area contributed by atoms with Crippen molar-refractivity contribution in [1.29, 1.82) is 0 Å². The van der Waals surface area contributed by atoms with Gasteiger partial charge in [-0.25, -0.2) is 17.5 Å². The molecule has 0 atom stereocenters. The number of halogens is 1. The van der Waals surface area contributed by atoms with Crippen LogP contribution in [0.3, 0.4) is 0 Å². The molecule has 2 aromatic rings. The molecule has 0 aromatic heterocycles. The molecule has 0 spiro atoms. The van der Waals surface area contributed by atoms with Crippen LogP contribution in [-0.2, 0) is 30.9 Å². The molecule has 2 rings (SSSR count). The van der Waals surface area contributed by atoms with Gasteiger partial charge in [0.2, 0.25) is 10.0 Å². The highest BCUT2D eigenvalue weighted by Crippen LogP contribution is 2.06. The van der Waals surface area contributed by atoms with Crippen molar-refractivity contribution in [2.45, 2.75) is 13.5 Å². The minimum atomic E-state index is -3.84. The molecule has 1 amide bonds. The van der Waals surface area contributed by atoms with Gasteiger partial charge in [-0.15, -0.1) is 0 Å². The second-order valence-electron chi connectivity index (χ2n) is 6.14. The zero-order valence-electron chi connectivity index (χ0n) is 15.7. The lowest BCUT2D eigenvalue weighted by Crippen LogP contribution is -2.33. The normalized spacial score (nSPS) is 11.4. The van der Waals surface area contributed by atoms with Gasteiger partial charge in [0.25, 0.3) is 5.91 Å². The van der Waals surface area contributed by atoms with E-state index in [4.69, 9.17) is 4.74 Å². The minimum Gasteiger partial charge on any atom is -0.455 e. The fourth-order valence-corrected chi connectivity index (χ4v) is 2.86. The third-order valence-corrected chi connectivity index (χ3v) is 4.74. The van der Waals surface area contributed by atoms with Gasteiger partial charge in [0.1, 0.15) is 12.4 Å². The fourth-order valence-electron chi connectivity index (χ4n) is 2.10. The topological polar surface area (TPSA) is 102 Å². The van der Waals surface area contributed by atoms with E-state index in [0.717, 1.165) is 11.0 Å². The predicted octanol–water partition coefficient (Wildman–Crippen LogP) is 1.88. The summed E-state index contributed by atoms with van der Waals surface area (Å²) in [5.41, 5.74) is 2.42. The third kappa shape index (κ3) is 8.67. The van der Waals surface area contributed by atoms with E-state index in [0.29, 0.717) is 11.1 Å². The summed E-state index contributed by atoms with van der Waals surface area (Å²) >= 11 is 0. The van der Waals surface area contributed by atoms with Crippen molar-refractivity contribution in [3.63, 3.8) is 0 Å². The second-order valence-corrected chi connectivity index (χ2v) is 7.79. The number of aryl methyl sites for hydroxylation is 1. The van der Waals surface area contributed by atoms with E-state index in [9.17, 15) is 22.4 Å². The minimum absolute atomic E-state index is 0.146. The quantitative estimate of drug-likeness (QED) is 0.603. The summed E-state index contributed by atoms with van der Waals surface area (Å²) in [7, 11) is -3.84. The Morgan fingerprint density at radius 2 is 1.72 bits per heavy atom. The standard InChI is InChI=1S/C20H21FN2O5S/c1-15-2-4-16(5-3-15)10-11-29(26,27)23-13-20(25)28-14-19(24)22-12-17-6-8-18(21)9-7-17/h2-11,23H,12-14H2,1H3,(H,22,24)/b11-10+. The first-order chi connectivity index (χ1) is 13.7. The number of ether oxygens (including phenoxy) is 1. The average molecular weight is 420 g/mol. The molecular weight excluding hydrogens is 399 g/mol. The van der Waals surface area contributed by atoms with Crippen LogP contribution in [0, 0.1) is 12.7 Å². The van der Waals surface area contributed by atoms with Crippen molar-refractivity contribution in [3.05, 3.63) is 76.4 Å². The molecule has 2 aromatic carbocycles. The largest absolute Gasteiger partial charge is 0.455 e. The van der Waals surface area contributed by atoms with Crippen LogP contribution < -0.4 is 10.0 Å². The summed E-state index contributed by atoms with van der Waals surface area (Å²) in [5, 5.41) is 3.44. The number of carbonyl (C=O) groups is 2. The number of esters is 1. The van der Waals surface area contributed by atoms with Crippen LogP contribution in [0.5, 0.6) is 0 Å². The molecule has 0 radical (unpaired) electrons. The fraction of sp³-hybridized carbons (Fsp3) is 0.200. The van der Waals surface area contributed by atoms with Gasteiger partial charge in [-0.2, -0.15) is 0 Å². The molecular formula is C20H21FN2O5S. The highest BCUT2D eigenvalue weighted by Gasteiger charge is 2.11. The third-order valence-electron chi connectivity index (χ3n) is 3.70. The van der Waals surface area contributed by atoms with Gasteiger partial charge in [-0.1, -0.05) is 42.0 Å². The van der Waals surface area contributed by atoms with Gasteiger partial charge in [0.15, 0.2) is 6.61 Å². The van der Waals surface area contributed by atoms with E-state index >= 15 is 0 Å². The van der Waals surface area contributed by atoms with Gasteiger partial charge in [-0.3, -0.25) is 9.59 Å². The van der Waals surface area contributed by atoms with Crippen molar-refractivity contribution >= 4 is 28.0 Å². The van der Waals surface area contributed by atoms with Crippen LogP contribution in [0.2, 0.25) is 0 Å². The molecule has 9 heteroatoms. The molecule has 2 N–H and O–H groups in total. The number of hydrogen-bond acceptors (Lipinski definition) is 5. The van der Waals surface area contributed by atoms with Crippen molar-refractivity contribution in [3.8, 4) is 0 Å². The number of carbonyl (C=O) groups excluding carboxylic acids is 2. The maximum atomic E-state index is 12.8. The van der Waals surface area contributed by atoms with E-state index in [1.165, 1.54) is 30.3 Å². The zero-order valence-corrected chi connectivity index (χ0v) is 16.5. The Bertz CT molecular complexity index is 971. The second kappa shape index (κ2) is 10.5. The number of amides is 1. The maximum absolute atomic E-state index is 12.8. The number of rotatable bonds is 9. The van der Waals surface area contributed by atoms with Gasteiger partial charge in [-0.05, 0) is 36.3 Å². The molecule has 0 unspecified atom stereocenters. The first kappa shape index (κ1) is 22.3. The summed E-state index contributed by atoms with van der Waals surface area (Å²) in [4.78, 5) is 23.3. The highest BCUT2D eigenvalue weighted by molar-refractivity contribution is 7.92. The molecule has 0 heterocycles.